The van der Waals surface area contributed by atoms with Gasteiger partial charge in [-0.15, -0.1) is 0 Å². The molecule has 0 amide bonds. The molecule has 0 aromatic heterocycles. The Hall–Kier alpha value is -1.87. The first-order valence-electron chi connectivity index (χ1n) is 5.67. The van der Waals surface area contributed by atoms with Gasteiger partial charge in [0.05, 0.1) is 5.54 Å². The third-order valence-electron chi connectivity index (χ3n) is 3.41. The highest BCUT2D eigenvalue weighted by Crippen LogP contribution is 2.43. The van der Waals surface area contributed by atoms with Crippen LogP contribution in [-0.2, 0) is 10.3 Å². The Morgan fingerprint density at radius 1 is 1.22 bits per heavy atom. The average Bonchev–Trinajstić information content (AvgIpc) is 2.82. The van der Waals surface area contributed by atoms with Crippen molar-refractivity contribution in [3.63, 3.8) is 0 Å². The second-order valence-electron chi connectivity index (χ2n) is 4.41. The van der Waals surface area contributed by atoms with E-state index in [-0.39, 0.29) is 11.1 Å². The molecule has 1 aromatic carbocycles. The van der Waals surface area contributed by atoms with Gasteiger partial charge in [0.15, 0.2) is 17.9 Å². The molecule has 1 aliphatic carbocycles. The molecule has 0 heterocycles. The third-order valence-corrected chi connectivity index (χ3v) is 3.41. The van der Waals surface area contributed by atoms with Crippen molar-refractivity contribution in [1.82, 2.24) is 0 Å². The molecule has 0 aliphatic heterocycles. The van der Waals surface area contributed by atoms with Crippen LogP contribution in [0.25, 0.3) is 0 Å². The van der Waals surface area contributed by atoms with Crippen molar-refractivity contribution in [1.29, 1.82) is 0 Å². The van der Waals surface area contributed by atoms with Crippen molar-refractivity contribution in [2.24, 2.45) is 4.99 Å². The van der Waals surface area contributed by atoms with Gasteiger partial charge in [0.2, 0.25) is 6.08 Å². The summed E-state index contributed by atoms with van der Waals surface area (Å²) in [5.74, 6) is -2.12. The SMILES string of the molecule is O=C=NC1(c2cc(F)c(F)cc2C=O)CCCC1. The maximum atomic E-state index is 13.3. The van der Waals surface area contributed by atoms with E-state index in [1.165, 1.54) is 6.08 Å². The normalized spacial score (nSPS) is 17.2. The van der Waals surface area contributed by atoms with Crippen molar-refractivity contribution < 1.29 is 18.4 Å². The highest BCUT2D eigenvalue weighted by atomic mass is 19.2. The van der Waals surface area contributed by atoms with E-state index in [1.807, 2.05) is 0 Å². The Kier molecular flexibility index (Phi) is 3.34. The number of nitrogens with zero attached hydrogens (tertiary/aromatic N) is 1. The maximum absolute atomic E-state index is 13.3. The molecular formula is C13H11F2NO2. The summed E-state index contributed by atoms with van der Waals surface area (Å²) in [6.07, 6.45) is 4.65. The number of halogens is 2. The zero-order chi connectivity index (χ0) is 13.2. The monoisotopic (exact) mass is 251 g/mol. The zero-order valence-corrected chi connectivity index (χ0v) is 9.58. The summed E-state index contributed by atoms with van der Waals surface area (Å²) in [6, 6.07) is 1.81. The summed E-state index contributed by atoms with van der Waals surface area (Å²) in [5, 5.41) is 0. The van der Waals surface area contributed by atoms with Crippen LogP contribution in [0.5, 0.6) is 0 Å². The van der Waals surface area contributed by atoms with Crippen molar-refractivity contribution >= 4 is 12.4 Å². The van der Waals surface area contributed by atoms with E-state index in [9.17, 15) is 18.4 Å². The number of hydrogen-bond acceptors (Lipinski definition) is 3. The largest absolute Gasteiger partial charge is 0.298 e. The van der Waals surface area contributed by atoms with Gasteiger partial charge in [0.25, 0.3) is 0 Å². The lowest BCUT2D eigenvalue weighted by Gasteiger charge is -2.24. The molecule has 1 fully saturated rings. The Balaban J connectivity index is 2.64. The van der Waals surface area contributed by atoms with Crippen LogP contribution in [0.4, 0.5) is 8.78 Å². The summed E-state index contributed by atoms with van der Waals surface area (Å²) in [5.41, 5.74) is -0.612. The summed E-state index contributed by atoms with van der Waals surface area (Å²) < 4.78 is 26.4. The number of aldehydes is 1. The summed E-state index contributed by atoms with van der Waals surface area (Å²) >= 11 is 0. The van der Waals surface area contributed by atoms with Gasteiger partial charge in [-0.1, -0.05) is 12.8 Å². The molecule has 0 unspecified atom stereocenters. The van der Waals surface area contributed by atoms with Crippen LogP contribution in [0.2, 0.25) is 0 Å². The zero-order valence-electron chi connectivity index (χ0n) is 9.58. The Bertz CT molecular complexity index is 530. The second kappa shape index (κ2) is 4.78. The molecule has 5 heteroatoms. The highest BCUT2D eigenvalue weighted by molar-refractivity contribution is 5.78. The number of benzene rings is 1. The Labute approximate surface area is 103 Å². The van der Waals surface area contributed by atoms with E-state index in [0.29, 0.717) is 19.1 Å². The second-order valence-corrected chi connectivity index (χ2v) is 4.41. The molecule has 18 heavy (non-hydrogen) atoms. The van der Waals surface area contributed by atoms with E-state index in [0.717, 1.165) is 25.0 Å². The van der Waals surface area contributed by atoms with Crippen LogP contribution in [-0.4, -0.2) is 12.4 Å². The van der Waals surface area contributed by atoms with Crippen molar-refractivity contribution in [2.75, 3.05) is 0 Å². The number of aliphatic imine (C=N–C) groups is 1. The molecule has 2 rings (SSSR count). The summed E-state index contributed by atoms with van der Waals surface area (Å²) in [6.45, 7) is 0. The van der Waals surface area contributed by atoms with Crippen molar-refractivity contribution in [2.45, 2.75) is 31.2 Å². The van der Waals surface area contributed by atoms with Crippen LogP contribution in [0.15, 0.2) is 17.1 Å². The highest BCUT2D eigenvalue weighted by Gasteiger charge is 2.38. The molecule has 1 saturated carbocycles. The quantitative estimate of drug-likeness (QED) is 0.471. The number of hydrogen-bond donors (Lipinski definition) is 0. The van der Waals surface area contributed by atoms with Gasteiger partial charge < -0.3 is 0 Å². The van der Waals surface area contributed by atoms with Gasteiger partial charge in [0.1, 0.15) is 0 Å². The lowest BCUT2D eigenvalue weighted by molar-refractivity contribution is 0.112. The maximum Gasteiger partial charge on any atom is 0.235 e. The van der Waals surface area contributed by atoms with Gasteiger partial charge in [-0.3, -0.25) is 4.79 Å². The molecular weight excluding hydrogens is 240 g/mol. The van der Waals surface area contributed by atoms with Gasteiger partial charge in [-0.25, -0.2) is 13.6 Å². The lowest BCUT2D eigenvalue weighted by Crippen LogP contribution is -2.21. The van der Waals surface area contributed by atoms with Crippen LogP contribution >= 0.6 is 0 Å². The van der Waals surface area contributed by atoms with E-state index < -0.39 is 17.2 Å². The van der Waals surface area contributed by atoms with E-state index >= 15 is 0 Å². The Morgan fingerprint density at radius 2 is 1.83 bits per heavy atom. The summed E-state index contributed by atoms with van der Waals surface area (Å²) in [4.78, 5) is 25.3. The molecule has 94 valence electrons. The van der Waals surface area contributed by atoms with Crippen molar-refractivity contribution in [3.8, 4) is 0 Å². The molecule has 1 aliphatic rings. The number of isocyanates is 1. The smallest absolute Gasteiger partial charge is 0.235 e. The first-order chi connectivity index (χ1) is 8.63. The fourth-order valence-corrected chi connectivity index (χ4v) is 2.55. The van der Waals surface area contributed by atoms with Crippen LogP contribution in [0.3, 0.4) is 0 Å². The molecule has 3 nitrogen and oxygen atoms in total. The van der Waals surface area contributed by atoms with Crippen molar-refractivity contribution in [3.05, 3.63) is 34.9 Å². The minimum absolute atomic E-state index is 0.0369. The average molecular weight is 251 g/mol. The predicted molar refractivity (Wildman–Crippen MR) is 60.0 cm³/mol. The molecule has 0 atom stereocenters. The molecule has 0 bridgehead atoms. The minimum atomic E-state index is -1.08. The topological polar surface area (TPSA) is 46.5 Å². The standard InChI is InChI=1S/C13H11F2NO2/c14-11-5-9(7-17)10(6-12(11)15)13(16-8-18)3-1-2-4-13/h5-7H,1-4H2. The number of rotatable bonds is 3. The lowest BCUT2D eigenvalue weighted by atomic mass is 9.85. The van der Waals surface area contributed by atoms with Gasteiger partial charge in [-0.05, 0) is 30.5 Å². The molecule has 0 radical (unpaired) electrons. The fourth-order valence-electron chi connectivity index (χ4n) is 2.55. The van der Waals surface area contributed by atoms with E-state index in [4.69, 9.17) is 0 Å². The number of carbonyl (C=O) groups excluding carboxylic acids is 2. The van der Waals surface area contributed by atoms with Crippen LogP contribution < -0.4 is 0 Å². The van der Waals surface area contributed by atoms with E-state index in [2.05, 4.69) is 4.99 Å². The molecule has 0 N–H and O–H groups in total. The predicted octanol–water partition coefficient (Wildman–Crippen LogP) is 2.88. The van der Waals surface area contributed by atoms with Gasteiger partial charge >= 0.3 is 0 Å². The molecule has 0 saturated heterocycles. The molecule has 1 aromatic rings. The fraction of sp³-hybridized carbons (Fsp3) is 0.385. The van der Waals surface area contributed by atoms with Gasteiger partial charge in [-0.2, -0.15) is 4.99 Å². The first-order valence-corrected chi connectivity index (χ1v) is 5.67. The Morgan fingerprint density at radius 3 is 2.39 bits per heavy atom. The first kappa shape index (κ1) is 12.6. The van der Waals surface area contributed by atoms with E-state index in [1.54, 1.807) is 0 Å². The summed E-state index contributed by atoms with van der Waals surface area (Å²) in [7, 11) is 0. The third kappa shape index (κ3) is 1.97. The van der Waals surface area contributed by atoms with Gasteiger partial charge in [0, 0.05) is 5.56 Å². The minimum Gasteiger partial charge on any atom is -0.298 e. The van der Waals surface area contributed by atoms with Crippen LogP contribution in [0.1, 0.15) is 41.6 Å². The molecule has 0 spiro atoms. The number of carbonyl (C=O) groups is 1. The van der Waals surface area contributed by atoms with Crippen LogP contribution in [0, 0.1) is 11.6 Å².